The molecule has 3 aromatic rings. The van der Waals surface area contributed by atoms with Crippen molar-refractivity contribution in [2.45, 2.75) is 39.2 Å². The van der Waals surface area contributed by atoms with Gasteiger partial charge >= 0.3 is 0 Å². The van der Waals surface area contributed by atoms with E-state index in [2.05, 4.69) is 23.8 Å². The summed E-state index contributed by atoms with van der Waals surface area (Å²) in [7, 11) is 3.38. The Morgan fingerprint density at radius 1 is 1.12 bits per heavy atom. The number of ketones is 1. The molecular formula is C26H30N2O4. The smallest absolute Gasteiger partial charge is 0.195 e. The van der Waals surface area contributed by atoms with Crippen LogP contribution >= 0.6 is 0 Å². The van der Waals surface area contributed by atoms with Crippen molar-refractivity contribution in [2.24, 2.45) is 4.99 Å². The number of aliphatic imine (C=N–C) groups is 1. The zero-order valence-corrected chi connectivity index (χ0v) is 19.5. The van der Waals surface area contributed by atoms with E-state index in [9.17, 15) is 4.79 Å². The predicted molar refractivity (Wildman–Crippen MR) is 127 cm³/mol. The lowest BCUT2D eigenvalue weighted by Crippen LogP contribution is -2.30. The van der Waals surface area contributed by atoms with Crippen molar-refractivity contribution in [3.05, 3.63) is 58.3 Å². The quantitative estimate of drug-likeness (QED) is 0.424. The van der Waals surface area contributed by atoms with E-state index in [-0.39, 0.29) is 11.9 Å². The van der Waals surface area contributed by atoms with Gasteiger partial charge in [-0.05, 0) is 43.2 Å². The van der Waals surface area contributed by atoms with E-state index in [4.69, 9.17) is 14.2 Å². The molecule has 1 aromatic heterocycles. The van der Waals surface area contributed by atoms with Gasteiger partial charge in [-0.2, -0.15) is 0 Å². The van der Waals surface area contributed by atoms with Crippen LogP contribution in [0.25, 0.3) is 10.9 Å². The molecule has 0 saturated carbocycles. The van der Waals surface area contributed by atoms with Gasteiger partial charge in [0, 0.05) is 47.9 Å². The number of fused-ring (bicyclic) bond motifs is 4. The van der Waals surface area contributed by atoms with Gasteiger partial charge in [-0.15, -0.1) is 0 Å². The zero-order valence-electron chi connectivity index (χ0n) is 19.5. The van der Waals surface area contributed by atoms with Gasteiger partial charge in [0.15, 0.2) is 17.3 Å². The number of rotatable bonds is 7. The average molecular weight is 435 g/mol. The van der Waals surface area contributed by atoms with Crippen LogP contribution in [0, 0.1) is 0 Å². The van der Waals surface area contributed by atoms with E-state index in [1.165, 1.54) is 0 Å². The molecule has 0 unspecified atom stereocenters. The molecule has 4 rings (SSSR count). The SMILES string of the molecule is C/N=C/c1ccc2c3c([nH]c2c1)C(C)(C)c1cc(OCCOC)c(OC(C)C)cc1C3=O. The number of nitrogens with zero attached hydrogens (tertiary/aromatic N) is 1. The summed E-state index contributed by atoms with van der Waals surface area (Å²) < 4.78 is 17.1. The standard InChI is InChI=1S/C26H30N2O4/c1-15(2)32-22-12-18-19(13-21(22)31-10-9-30-6)26(3,4)25-23(24(18)29)17-8-7-16(14-27-5)11-20(17)28-25/h7-8,11-15,28H,9-10H2,1-6H3/b27-14+. The Kier molecular flexibility index (Phi) is 5.82. The Hall–Kier alpha value is -3.12. The number of ether oxygens (including phenoxy) is 3. The second-order valence-corrected chi connectivity index (χ2v) is 8.87. The van der Waals surface area contributed by atoms with Crippen molar-refractivity contribution < 1.29 is 19.0 Å². The third kappa shape index (κ3) is 3.69. The fourth-order valence-corrected chi connectivity index (χ4v) is 4.38. The van der Waals surface area contributed by atoms with Gasteiger partial charge in [-0.25, -0.2) is 0 Å². The van der Waals surface area contributed by atoms with Gasteiger partial charge in [0.05, 0.1) is 18.3 Å². The molecule has 0 bridgehead atoms. The maximum Gasteiger partial charge on any atom is 0.195 e. The Morgan fingerprint density at radius 3 is 2.59 bits per heavy atom. The Bertz CT molecular complexity index is 1200. The summed E-state index contributed by atoms with van der Waals surface area (Å²) in [4.78, 5) is 21.4. The van der Waals surface area contributed by atoms with Crippen LogP contribution in [0.3, 0.4) is 0 Å². The third-order valence-electron chi connectivity index (χ3n) is 5.86. The number of methoxy groups -OCH3 is 1. The highest BCUT2D eigenvalue weighted by Gasteiger charge is 2.40. The molecule has 168 valence electrons. The number of benzene rings is 2. The summed E-state index contributed by atoms with van der Waals surface area (Å²) in [6.07, 6.45) is 1.76. The molecule has 0 atom stereocenters. The van der Waals surface area contributed by atoms with Crippen molar-refractivity contribution in [1.82, 2.24) is 4.98 Å². The number of hydrogen-bond acceptors (Lipinski definition) is 5. The van der Waals surface area contributed by atoms with Gasteiger partial charge in [-0.3, -0.25) is 9.79 Å². The molecule has 0 spiro atoms. The minimum absolute atomic E-state index is 0.00506. The predicted octanol–water partition coefficient (Wildman–Crippen LogP) is 4.90. The van der Waals surface area contributed by atoms with Crippen molar-refractivity contribution in [2.75, 3.05) is 27.4 Å². The summed E-state index contributed by atoms with van der Waals surface area (Å²) in [6.45, 7) is 9.04. The largest absolute Gasteiger partial charge is 0.487 e. The number of hydrogen-bond donors (Lipinski definition) is 1. The molecule has 0 radical (unpaired) electrons. The van der Waals surface area contributed by atoms with Gasteiger partial charge in [-0.1, -0.05) is 26.0 Å². The minimum Gasteiger partial charge on any atom is -0.487 e. The molecule has 0 amide bonds. The molecule has 6 heteroatoms. The molecule has 1 heterocycles. The van der Waals surface area contributed by atoms with E-state index in [1.807, 2.05) is 44.2 Å². The fraction of sp³-hybridized carbons (Fsp3) is 0.385. The number of carbonyl (C=O) groups is 1. The van der Waals surface area contributed by atoms with E-state index in [0.29, 0.717) is 30.3 Å². The highest BCUT2D eigenvalue weighted by molar-refractivity contribution is 6.20. The van der Waals surface area contributed by atoms with E-state index < -0.39 is 5.41 Å². The first-order chi connectivity index (χ1) is 15.3. The number of H-pyrrole nitrogens is 1. The van der Waals surface area contributed by atoms with Gasteiger partial charge in [0.25, 0.3) is 0 Å². The minimum atomic E-state index is -0.424. The maximum absolute atomic E-state index is 13.7. The van der Waals surface area contributed by atoms with Crippen molar-refractivity contribution in [3.8, 4) is 11.5 Å². The lowest BCUT2D eigenvalue weighted by molar-refractivity contribution is 0.103. The van der Waals surface area contributed by atoms with Gasteiger partial charge < -0.3 is 19.2 Å². The van der Waals surface area contributed by atoms with Crippen molar-refractivity contribution in [3.63, 3.8) is 0 Å². The highest BCUT2D eigenvalue weighted by atomic mass is 16.5. The lowest BCUT2D eigenvalue weighted by atomic mass is 9.71. The molecule has 1 N–H and O–H groups in total. The summed E-state index contributed by atoms with van der Waals surface area (Å²) in [5.41, 5.74) is 4.70. The second kappa shape index (κ2) is 8.43. The number of aromatic amines is 1. The van der Waals surface area contributed by atoms with Crippen LogP contribution in [-0.2, 0) is 10.2 Å². The Labute approximate surface area is 188 Å². The third-order valence-corrected chi connectivity index (χ3v) is 5.86. The van der Waals surface area contributed by atoms with Crippen LogP contribution in [0.5, 0.6) is 11.5 Å². The zero-order chi connectivity index (χ0) is 23.0. The van der Waals surface area contributed by atoms with Crippen LogP contribution in [0.4, 0.5) is 0 Å². The monoisotopic (exact) mass is 434 g/mol. The van der Waals surface area contributed by atoms with Gasteiger partial charge in [0.2, 0.25) is 0 Å². The number of aromatic nitrogens is 1. The first-order valence-electron chi connectivity index (χ1n) is 10.9. The van der Waals surface area contributed by atoms with Crippen molar-refractivity contribution in [1.29, 1.82) is 0 Å². The maximum atomic E-state index is 13.7. The summed E-state index contributed by atoms with van der Waals surface area (Å²) in [5.74, 6) is 1.19. The summed E-state index contributed by atoms with van der Waals surface area (Å²) >= 11 is 0. The van der Waals surface area contributed by atoms with Crippen LogP contribution in [0.2, 0.25) is 0 Å². The Balaban J connectivity index is 1.89. The lowest BCUT2D eigenvalue weighted by Gasteiger charge is -2.33. The van der Waals surface area contributed by atoms with Crippen LogP contribution in [0.15, 0.2) is 35.3 Å². The fourth-order valence-electron chi connectivity index (χ4n) is 4.38. The second-order valence-electron chi connectivity index (χ2n) is 8.87. The van der Waals surface area contributed by atoms with Gasteiger partial charge in [0.1, 0.15) is 6.61 Å². The summed E-state index contributed by atoms with van der Waals surface area (Å²) in [5, 5.41) is 0.920. The van der Waals surface area contributed by atoms with E-state index >= 15 is 0 Å². The molecular weight excluding hydrogens is 404 g/mol. The normalized spacial score (nSPS) is 14.8. The van der Waals surface area contributed by atoms with Crippen LogP contribution < -0.4 is 9.47 Å². The molecule has 0 saturated heterocycles. The first-order valence-corrected chi connectivity index (χ1v) is 10.9. The summed E-state index contributed by atoms with van der Waals surface area (Å²) in [6, 6.07) is 9.79. The molecule has 1 aliphatic rings. The van der Waals surface area contributed by atoms with Crippen molar-refractivity contribution >= 4 is 22.9 Å². The molecule has 1 aliphatic carbocycles. The molecule has 2 aromatic carbocycles. The first kappa shape index (κ1) is 22.1. The van der Waals surface area contributed by atoms with E-state index in [0.717, 1.165) is 33.3 Å². The topological polar surface area (TPSA) is 72.9 Å². The average Bonchev–Trinajstić information content (AvgIpc) is 3.13. The number of nitrogens with one attached hydrogen (secondary N) is 1. The van der Waals surface area contributed by atoms with E-state index in [1.54, 1.807) is 20.4 Å². The Morgan fingerprint density at radius 2 is 1.91 bits per heavy atom. The van der Waals surface area contributed by atoms with Crippen LogP contribution in [0.1, 0.15) is 60.4 Å². The van der Waals surface area contributed by atoms with Crippen LogP contribution in [-0.4, -0.2) is 50.5 Å². The highest BCUT2D eigenvalue weighted by Crippen LogP contribution is 2.47. The molecule has 6 nitrogen and oxygen atoms in total. The molecule has 0 aliphatic heterocycles. The molecule has 32 heavy (non-hydrogen) atoms. The molecule has 0 fully saturated rings. The number of carbonyl (C=O) groups excluding carboxylic acids is 1.